The zero-order valence-electron chi connectivity index (χ0n) is 9.36. The van der Waals surface area contributed by atoms with E-state index in [0.29, 0.717) is 12.8 Å². The molecule has 2 heterocycles. The summed E-state index contributed by atoms with van der Waals surface area (Å²) < 4.78 is 27.6. The Morgan fingerprint density at radius 1 is 1.31 bits per heavy atom. The van der Waals surface area contributed by atoms with Gasteiger partial charge in [0.25, 0.3) is 0 Å². The summed E-state index contributed by atoms with van der Waals surface area (Å²) in [5, 5.41) is 3.13. The van der Waals surface area contributed by atoms with Crippen molar-refractivity contribution in [2.24, 2.45) is 5.41 Å². The van der Waals surface area contributed by atoms with Crippen LogP contribution in [-0.2, 0) is 19.4 Å². The van der Waals surface area contributed by atoms with Crippen LogP contribution in [0.15, 0.2) is 0 Å². The quantitative estimate of drug-likeness (QED) is 0.645. The summed E-state index contributed by atoms with van der Waals surface area (Å²) in [4.78, 5) is 11.6. The van der Waals surface area contributed by atoms with Gasteiger partial charge >= 0.3 is 5.97 Å². The maximum atomic E-state index is 11.6. The van der Waals surface area contributed by atoms with Crippen LogP contribution >= 0.6 is 0 Å². The Morgan fingerprint density at radius 2 is 1.94 bits per heavy atom. The van der Waals surface area contributed by atoms with Crippen LogP contribution in [-0.4, -0.2) is 45.6 Å². The Morgan fingerprint density at radius 3 is 2.50 bits per heavy atom. The standard InChI is InChI=1S/C10H17NO4S/c1-15-9(12)8-10(2-5-11-8)3-6-16(13,14)7-4-10/h8,11H,2-7H2,1H3. The Bertz CT molecular complexity index is 376. The SMILES string of the molecule is COC(=O)C1NCCC12CCS(=O)(=O)CC2. The first-order chi connectivity index (χ1) is 7.49. The minimum Gasteiger partial charge on any atom is -0.468 e. The topological polar surface area (TPSA) is 72.5 Å². The van der Waals surface area contributed by atoms with Crippen molar-refractivity contribution in [1.29, 1.82) is 0 Å². The monoisotopic (exact) mass is 247 g/mol. The molecule has 1 N–H and O–H groups in total. The predicted molar refractivity (Wildman–Crippen MR) is 58.7 cm³/mol. The lowest BCUT2D eigenvalue weighted by Gasteiger charge is -2.36. The number of ether oxygens (including phenoxy) is 1. The van der Waals surface area contributed by atoms with Gasteiger partial charge in [-0.15, -0.1) is 0 Å². The van der Waals surface area contributed by atoms with E-state index in [9.17, 15) is 13.2 Å². The van der Waals surface area contributed by atoms with Crippen LogP contribution in [0.3, 0.4) is 0 Å². The largest absolute Gasteiger partial charge is 0.468 e. The molecular formula is C10H17NO4S. The van der Waals surface area contributed by atoms with Crippen molar-refractivity contribution >= 4 is 15.8 Å². The third kappa shape index (κ3) is 1.96. The van der Waals surface area contributed by atoms with E-state index in [1.165, 1.54) is 7.11 Å². The molecule has 16 heavy (non-hydrogen) atoms. The lowest BCUT2D eigenvalue weighted by atomic mass is 9.75. The molecule has 2 fully saturated rings. The van der Waals surface area contributed by atoms with Crippen molar-refractivity contribution in [2.45, 2.75) is 25.3 Å². The van der Waals surface area contributed by atoms with E-state index >= 15 is 0 Å². The number of sulfone groups is 1. The van der Waals surface area contributed by atoms with Crippen LogP contribution in [0.5, 0.6) is 0 Å². The molecule has 1 unspecified atom stereocenters. The van der Waals surface area contributed by atoms with Crippen molar-refractivity contribution in [3.8, 4) is 0 Å². The predicted octanol–water partition coefficient (Wildman–Crippen LogP) is -0.284. The highest BCUT2D eigenvalue weighted by atomic mass is 32.2. The molecule has 0 aliphatic carbocycles. The average Bonchev–Trinajstić information content (AvgIpc) is 2.66. The van der Waals surface area contributed by atoms with Crippen molar-refractivity contribution in [1.82, 2.24) is 5.32 Å². The molecule has 1 atom stereocenters. The van der Waals surface area contributed by atoms with Gasteiger partial charge in [-0.2, -0.15) is 0 Å². The Kier molecular flexibility index (Phi) is 2.96. The highest BCUT2D eigenvalue weighted by Crippen LogP contribution is 2.42. The number of hydrogen-bond acceptors (Lipinski definition) is 5. The van der Waals surface area contributed by atoms with Gasteiger partial charge in [0, 0.05) is 0 Å². The molecule has 0 bridgehead atoms. The Labute approximate surface area is 95.5 Å². The number of rotatable bonds is 1. The smallest absolute Gasteiger partial charge is 0.323 e. The van der Waals surface area contributed by atoms with Gasteiger partial charge in [-0.1, -0.05) is 0 Å². The Balaban J connectivity index is 2.16. The van der Waals surface area contributed by atoms with Crippen molar-refractivity contribution < 1.29 is 17.9 Å². The maximum absolute atomic E-state index is 11.6. The third-order valence-corrected chi connectivity index (χ3v) is 5.49. The van der Waals surface area contributed by atoms with Crippen LogP contribution in [0, 0.1) is 5.41 Å². The number of methoxy groups -OCH3 is 1. The van der Waals surface area contributed by atoms with Gasteiger partial charge in [-0.25, -0.2) is 8.42 Å². The molecule has 0 saturated carbocycles. The molecule has 1 spiro atoms. The fourth-order valence-electron chi connectivity index (χ4n) is 2.76. The van der Waals surface area contributed by atoms with E-state index in [4.69, 9.17) is 4.74 Å². The van der Waals surface area contributed by atoms with E-state index in [1.54, 1.807) is 0 Å². The van der Waals surface area contributed by atoms with E-state index < -0.39 is 9.84 Å². The first-order valence-electron chi connectivity index (χ1n) is 5.51. The van der Waals surface area contributed by atoms with Gasteiger partial charge < -0.3 is 10.1 Å². The number of carbonyl (C=O) groups is 1. The number of esters is 1. The first-order valence-corrected chi connectivity index (χ1v) is 7.33. The summed E-state index contributed by atoms with van der Waals surface area (Å²) >= 11 is 0. The highest BCUT2D eigenvalue weighted by molar-refractivity contribution is 7.91. The summed E-state index contributed by atoms with van der Waals surface area (Å²) in [6, 6.07) is -0.326. The van der Waals surface area contributed by atoms with Gasteiger partial charge in [-0.05, 0) is 31.2 Å². The molecular weight excluding hydrogens is 230 g/mol. The fourth-order valence-corrected chi connectivity index (χ4v) is 4.40. The molecule has 2 saturated heterocycles. The summed E-state index contributed by atoms with van der Waals surface area (Å²) in [6.07, 6.45) is 2.01. The minimum absolute atomic E-state index is 0.196. The molecule has 6 heteroatoms. The summed E-state index contributed by atoms with van der Waals surface area (Å²) in [5.74, 6) is 0.126. The molecule has 0 aromatic rings. The van der Waals surface area contributed by atoms with Crippen molar-refractivity contribution in [3.05, 3.63) is 0 Å². The highest BCUT2D eigenvalue weighted by Gasteiger charge is 2.49. The molecule has 0 radical (unpaired) electrons. The molecule has 0 aromatic heterocycles. The zero-order chi connectivity index (χ0) is 11.8. The number of carbonyl (C=O) groups excluding carboxylic acids is 1. The van der Waals surface area contributed by atoms with Crippen LogP contribution in [0.4, 0.5) is 0 Å². The molecule has 0 aromatic carbocycles. The lowest BCUT2D eigenvalue weighted by Crippen LogP contribution is -2.47. The molecule has 5 nitrogen and oxygen atoms in total. The maximum Gasteiger partial charge on any atom is 0.323 e. The van der Waals surface area contributed by atoms with Crippen molar-refractivity contribution in [2.75, 3.05) is 25.2 Å². The van der Waals surface area contributed by atoms with E-state index in [1.807, 2.05) is 0 Å². The van der Waals surface area contributed by atoms with Gasteiger partial charge in [-0.3, -0.25) is 4.79 Å². The molecule has 0 amide bonds. The van der Waals surface area contributed by atoms with Gasteiger partial charge in [0.2, 0.25) is 0 Å². The second-order valence-corrected chi connectivity index (χ2v) is 6.98. The van der Waals surface area contributed by atoms with Gasteiger partial charge in [0.05, 0.1) is 18.6 Å². The van der Waals surface area contributed by atoms with E-state index in [-0.39, 0.29) is 28.9 Å². The molecule has 92 valence electrons. The van der Waals surface area contributed by atoms with E-state index in [2.05, 4.69) is 5.32 Å². The second-order valence-electron chi connectivity index (χ2n) is 4.67. The van der Waals surface area contributed by atoms with Gasteiger partial charge in [0.15, 0.2) is 0 Å². The summed E-state index contributed by atoms with van der Waals surface area (Å²) in [7, 11) is -1.51. The Hall–Kier alpha value is -0.620. The number of hydrogen-bond donors (Lipinski definition) is 1. The van der Waals surface area contributed by atoms with Crippen LogP contribution in [0.2, 0.25) is 0 Å². The third-order valence-electron chi connectivity index (χ3n) is 3.84. The van der Waals surface area contributed by atoms with Crippen LogP contribution < -0.4 is 5.32 Å². The van der Waals surface area contributed by atoms with Crippen LogP contribution in [0.1, 0.15) is 19.3 Å². The van der Waals surface area contributed by atoms with Crippen molar-refractivity contribution in [3.63, 3.8) is 0 Å². The summed E-state index contributed by atoms with van der Waals surface area (Å²) in [5.41, 5.74) is -0.196. The number of nitrogens with one attached hydrogen (secondary N) is 1. The molecule has 2 aliphatic heterocycles. The van der Waals surface area contributed by atoms with Gasteiger partial charge in [0.1, 0.15) is 15.9 Å². The fraction of sp³-hybridized carbons (Fsp3) is 0.900. The molecule has 2 rings (SSSR count). The minimum atomic E-state index is -2.88. The first kappa shape index (κ1) is 11.9. The zero-order valence-corrected chi connectivity index (χ0v) is 10.2. The lowest BCUT2D eigenvalue weighted by molar-refractivity contribution is -0.145. The van der Waals surface area contributed by atoms with Crippen LogP contribution in [0.25, 0.3) is 0 Å². The summed E-state index contributed by atoms with van der Waals surface area (Å²) in [6.45, 7) is 0.764. The molecule has 2 aliphatic rings. The normalized spacial score (nSPS) is 31.4. The van der Waals surface area contributed by atoms with E-state index in [0.717, 1.165) is 13.0 Å². The average molecular weight is 247 g/mol. The second kappa shape index (κ2) is 4.00.